The van der Waals surface area contributed by atoms with Gasteiger partial charge >= 0.3 is 5.97 Å². The zero-order chi connectivity index (χ0) is 10.4. The first-order valence-corrected chi connectivity index (χ1v) is 4.83. The number of ether oxygens (including phenoxy) is 2. The average Bonchev–Trinajstić information content (AvgIpc) is 2.19. The van der Waals surface area contributed by atoms with Gasteiger partial charge in [-0.25, -0.2) is 4.79 Å². The average molecular weight is 219 g/mol. The predicted octanol–water partition coefficient (Wildman–Crippen LogP) is 0.590. The van der Waals surface area contributed by atoms with Crippen LogP contribution in [0.4, 0.5) is 4.70 Å². The first-order valence-electron chi connectivity index (χ1n) is 4.83. The largest absolute Gasteiger partial charge is 0.461 e. The second kappa shape index (κ2) is 7.36. The molecule has 1 rings (SSSR count). The van der Waals surface area contributed by atoms with Gasteiger partial charge in [0.1, 0.15) is 6.61 Å². The highest BCUT2D eigenvalue weighted by molar-refractivity contribution is 5.86. The third kappa shape index (κ3) is 5.49. The third-order valence-electron chi connectivity index (χ3n) is 2.09. The Labute approximate surface area is 89.2 Å². The SMILES string of the molecule is C=C(C)C(=O)OCCN1CCOCC1.F. The summed E-state index contributed by atoms with van der Waals surface area (Å²) in [7, 11) is 0. The van der Waals surface area contributed by atoms with Crippen molar-refractivity contribution in [3.05, 3.63) is 12.2 Å². The highest BCUT2D eigenvalue weighted by Crippen LogP contribution is 1.97. The van der Waals surface area contributed by atoms with Gasteiger partial charge in [-0.15, -0.1) is 0 Å². The van der Waals surface area contributed by atoms with Crippen LogP contribution >= 0.6 is 0 Å². The molecule has 0 unspecified atom stereocenters. The minimum absolute atomic E-state index is 0. The summed E-state index contributed by atoms with van der Waals surface area (Å²) < 4.78 is 10.2. The van der Waals surface area contributed by atoms with E-state index < -0.39 is 0 Å². The number of hydrogen-bond donors (Lipinski definition) is 0. The summed E-state index contributed by atoms with van der Waals surface area (Å²) in [5.41, 5.74) is 0.451. The summed E-state index contributed by atoms with van der Waals surface area (Å²) in [6.45, 7) is 9.77. The van der Waals surface area contributed by atoms with Gasteiger partial charge in [-0.3, -0.25) is 9.60 Å². The van der Waals surface area contributed by atoms with Crippen LogP contribution in [0, 0.1) is 0 Å². The molecule has 5 heteroatoms. The van der Waals surface area contributed by atoms with E-state index in [0.29, 0.717) is 12.2 Å². The molecule has 0 radical (unpaired) electrons. The minimum Gasteiger partial charge on any atom is -0.461 e. The predicted molar refractivity (Wildman–Crippen MR) is 55.5 cm³/mol. The number of rotatable bonds is 4. The van der Waals surface area contributed by atoms with E-state index >= 15 is 0 Å². The molecule has 1 saturated heterocycles. The lowest BCUT2D eigenvalue weighted by atomic mass is 10.4. The molecule has 0 aromatic heterocycles. The quantitative estimate of drug-likeness (QED) is 0.512. The summed E-state index contributed by atoms with van der Waals surface area (Å²) in [4.78, 5) is 13.2. The number of carbonyl (C=O) groups excluding carboxylic acids is 1. The molecular weight excluding hydrogens is 201 g/mol. The Bertz CT molecular complexity index is 215. The summed E-state index contributed by atoms with van der Waals surface area (Å²) >= 11 is 0. The second-order valence-corrected chi connectivity index (χ2v) is 3.37. The van der Waals surface area contributed by atoms with E-state index in [4.69, 9.17) is 9.47 Å². The van der Waals surface area contributed by atoms with Crippen LogP contribution in [0.3, 0.4) is 0 Å². The maximum Gasteiger partial charge on any atom is 0.333 e. The molecule has 1 fully saturated rings. The lowest BCUT2D eigenvalue weighted by Gasteiger charge is -2.26. The van der Waals surface area contributed by atoms with Crippen molar-refractivity contribution in [1.29, 1.82) is 0 Å². The van der Waals surface area contributed by atoms with Gasteiger partial charge in [-0.05, 0) is 6.92 Å². The van der Waals surface area contributed by atoms with Crippen LogP contribution in [-0.2, 0) is 14.3 Å². The zero-order valence-electron chi connectivity index (χ0n) is 9.03. The maximum absolute atomic E-state index is 11.0. The Morgan fingerprint density at radius 3 is 2.60 bits per heavy atom. The highest BCUT2D eigenvalue weighted by Gasteiger charge is 2.10. The van der Waals surface area contributed by atoms with Gasteiger partial charge in [0.15, 0.2) is 0 Å². The van der Waals surface area contributed by atoms with Gasteiger partial charge in [0.2, 0.25) is 0 Å². The normalized spacial score (nSPS) is 16.6. The van der Waals surface area contributed by atoms with Crippen molar-refractivity contribution in [3.63, 3.8) is 0 Å². The van der Waals surface area contributed by atoms with Crippen LogP contribution in [0.15, 0.2) is 12.2 Å². The van der Waals surface area contributed by atoms with Crippen molar-refractivity contribution in [2.45, 2.75) is 6.92 Å². The maximum atomic E-state index is 11.0. The first kappa shape index (κ1) is 14.1. The molecule has 0 aliphatic carbocycles. The molecule has 88 valence electrons. The zero-order valence-corrected chi connectivity index (χ0v) is 9.03. The van der Waals surface area contributed by atoms with Crippen molar-refractivity contribution >= 4 is 5.97 Å². The van der Waals surface area contributed by atoms with E-state index in [2.05, 4.69) is 11.5 Å². The lowest BCUT2D eigenvalue weighted by Crippen LogP contribution is -2.38. The number of halogens is 1. The van der Waals surface area contributed by atoms with Crippen LogP contribution in [0.1, 0.15) is 6.92 Å². The summed E-state index contributed by atoms with van der Waals surface area (Å²) in [6.07, 6.45) is 0. The Morgan fingerprint density at radius 1 is 1.47 bits per heavy atom. The van der Waals surface area contributed by atoms with E-state index in [-0.39, 0.29) is 10.7 Å². The molecule has 0 saturated carbocycles. The van der Waals surface area contributed by atoms with Crippen molar-refractivity contribution in [2.75, 3.05) is 39.5 Å². The van der Waals surface area contributed by atoms with E-state index in [0.717, 1.165) is 32.8 Å². The molecule has 0 aromatic carbocycles. The van der Waals surface area contributed by atoms with Crippen LogP contribution in [0.5, 0.6) is 0 Å². The van der Waals surface area contributed by atoms with Gasteiger partial charge in [0.25, 0.3) is 0 Å². The number of esters is 1. The van der Waals surface area contributed by atoms with Crippen molar-refractivity contribution in [1.82, 2.24) is 4.90 Å². The standard InChI is InChI=1S/C10H17NO3.FH/c1-9(2)10(12)14-8-5-11-3-6-13-7-4-11;/h1,3-8H2,2H3;1H. The molecule has 1 aliphatic heterocycles. The van der Waals surface area contributed by atoms with Gasteiger partial charge in [-0.1, -0.05) is 6.58 Å². The molecule has 15 heavy (non-hydrogen) atoms. The number of carbonyl (C=O) groups is 1. The molecule has 4 nitrogen and oxygen atoms in total. The van der Waals surface area contributed by atoms with Gasteiger partial charge < -0.3 is 9.47 Å². The summed E-state index contributed by atoms with van der Waals surface area (Å²) in [6, 6.07) is 0. The fourth-order valence-corrected chi connectivity index (χ4v) is 1.22. The van der Waals surface area contributed by atoms with E-state index in [1.807, 2.05) is 0 Å². The Hall–Kier alpha value is -0.940. The molecule has 0 atom stereocenters. The van der Waals surface area contributed by atoms with Gasteiger partial charge in [-0.2, -0.15) is 0 Å². The number of hydrogen-bond acceptors (Lipinski definition) is 4. The minimum atomic E-state index is -0.307. The summed E-state index contributed by atoms with van der Waals surface area (Å²) in [5.74, 6) is -0.307. The Morgan fingerprint density at radius 2 is 2.07 bits per heavy atom. The summed E-state index contributed by atoms with van der Waals surface area (Å²) in [5, 5.41) is 0. The molecule has 1 heterocycles. The fraction of sp³-hybridized carbons (Fsp3) is 0.700. The van der Waals surface area contributed by atoms with E-state index in [1.165, 1.54) is 0 Å². The van der Waals surface area contributed by atoms with Gasteiger partial charge in [0, 0.05) is 25.2 Å². The van der Waals surface area contributed by atoms with Crippen LogP contribution in [-0.4, -0.2) is 50.3 Å². The van der Waals surface area contributed by atoms with Gasteiger partial charge in [0.05, 0.1) is 13.2 Å². The van der Waals surface area contributed by atoms with Crippen molar-refractivity contribution < 1.29 is 19.0 Å². The molecular formula is C10H18FNO3. The van der Waals surface area contributed by atoms with Crippen LogP contribution < -0.4 is 0 Å². The molecule has 0 amide bonds. The third-order valence-corrected chi connectivity index (χ3v) is 2.09. The number of nitrogens with zero attached hydrogens (tertiary/aromatic N) is 1. The molecule has 1 aliphatic rings. The van der Waals surface area contributed by atoms with Crippen LogP contribution in [0.2, 0.25) is 0 Å². The lowest BCUT2D eigenvalue weighted by molar-refractivity contribution is -0.139. The first-order chi connectivity index (χ1) is 6.70. The smallest absolute Gasteiger partial charge is 0.333 e. The second-order valence-electron chi connectivity index (χ2n) is 3.37. The van der Waals surface area contributed by atoms with Crippen LogP contribution in [0.25, 0.3) is 0 Å². The molecule has 0 aromatic rings. The highest BCUT2D eigenvalue weighted by atomic mass is 19.0. The van der Waals surface area contributed by atoms with Crippen molar-refractivity contribution in [2.24, 2.45) is 0 Å². The Balaban J connectivity index is 0.00000196. The topological polar surface area (TPSA) is 38.8 Å². The van der Waals surface area contributed by atoms with Crippen molar-refractivity contribution in [3.8, 4) is 0 Å². The number of morpholine rings is 1. The van der Waals surface area contributed by atoms with E-state index in [9.17, 15) is 4.79 Å². The Kier molecular flexibility index (Phi) is 6.90. The fourth-order valence-electron chi connectivity index (χ4n) is 1.22. The molecule has 0 spiro atoms. The molecule has 0 N–H and O–H groups in total. The van der Waals surface area contributed by atoms with E-state index in [1.54, 1.807) is 6.92 Å². The monoisotopic (exact) mass is 219 g/mol. The molecule has 0 bridgehead atoms.